The molecule has 1 amide bonds. The summed E-state index contributed by atoms with van der Waals surface area (Å²) in [6.45, 7) is 0.963. The van der Waals surface area contributed by atoms with Gasteiger partial charge < -0.3 is 15.4 Å². The highest BCUT2D eigenvalue weighted by Gasteiger charge is 2.15. The molecule has 0 aliphatic carbocycles. The van der Waals surface area contributed by atoms with E-state index >= 15 is 0 Å². The Kier molecular flexibility index (Phi) is 5.24. The van der Waals surface area contributed by atoms with Gasteiger partial charge in [-0.15, -0.1) is 0 Å². The highest BCUT2D eigenvalue weighted by Crippen LogP contribution is 2.34. The van der Waals surface area contributed by atoms with E-state index in [1.165, 1.54) is 5.56 Å². The molecule has 0 saturated heterocycles. The van der Waals surface area contributed by atoms with E-state index in [2.05, 4.69) is 15.6 Å². The second kappa shape index (κ2) is 8.13. The number of fused-ring (bicyclic) bond motifs is 1. The van der Waals surface area contributed by atoms with Crippen molar-refractivity contribution in [1.29, 1.82) is 0 Å². The van der Waals surface area contributed by atoms with Crippen molar-refractivity contribution in [1.82, 2.24) is 4.98 Å². The molecule has 0 fully saturated rings. The molecular weight excluding hydrogens is 350 g/mol. The van der Waals surface area contributed by atoms with E-state index in [1.54, 1.807) is 13.3 Å². The lowest BCUT2D eigenvalue weighted by Gasteiger charge is -2.15. The maximum Gasteiger partial charge on any atom is 0.255 e. The molecular formula is C23H23N3O2. The zero-order valence-electron chi connectivity index (χ0n) is 15.9. The molecule has 0 unspecified atom stereocenters. The highest BCUT2D eigenvalue weighted by atomic mass is 16.5. The van der Waals surface area contributed by atoms with Crippen LogP contribution in [0.2, 0.25) is 0 Å². The summed E-state index contributed by atoms with van der Waals surface area (Å²) in [4.78, 5) is 17.1. The van der Waals surface area contributed by atoms with E-state index in [4.69, 9.17) is 4.74 Å². The summed E-state index contributed by atoms with van der Waals surface area (Å²) in [5.41, 5.74) is 5.45. The molecule has 0 spiro atoms. The van der Waals surface area contributed by atoms with Crippen LogP contribution in [0.5, 0.6) is 5.75 Å². The molecule has 1 aliphatic rings. The predicted molar refractivity (Wildman–Crippen MR) is 112 cm³/mol. The van der Waals surface area contributed by atoms with Crippen LogP contribution in [-0.4, -0.2) is 24.5 Å². The smallest absolute Gasteiger partial charge is 0.255 e. The van der Waals surface area contributed by atoms with Gasteiger partial charge in [0.25, 0.3) is 5.91 Å². The van der Waals surface area contributed by atoms with Crippen LogP contribution in [0.1, 0.15) is 28.8 Å². The van der Waals surface area contributed by atoms with Crippen LogP contribution in [0.15, 0.2) is 60.8 Å². The molecule has 4 rings (SSSR count). The van der Waals surface area contributed by atoms with E-state index < -0.39 is 0 Å². The molecule has 2 heterocycles. The predicted octanol–water partition coefficient (Wildman–Crippen LogP) is 4.76. The fourth-order valence-electron chi connectivity index (χ4n) is 3.45. The zero-order chi connectivity index (χ0) is 19.3. The van der Waals surface area contributed by atoms with Crippen LogP contribution < -0.4 is 15.4 Å². The topological polar surface area (TPSA) is 63.2 Å². The monoisotopic (exact) mass is 373 g/mol. The Morgan fingerprint density at radius 3 is 2.71 bits per heavy atom. The Bertz CT molecular complexity index is 969. The van der Waals surface area contributed by atoms with Crippen LogP contribution in [-0.2, 0) is 6.42 Å². The lowest BCUT2D eigenvalue weighted by atomic mass is 10.1. The van der Waals surface area contributed by atoms with Gasteiger partial charge in [-0.25, -0.2) is 0 Å². The summed E-state index contributed by atoms with van der Waals surface area (Å²) in [5.74, 6) is 0.499. The van der Waals surface area contributed by atoms with Crippen LogP contribution in [0.4, 0.5) is 11.4 Å². The number of rotatable bonds is 4. The highest BCUT2D eigenvalue weighted by molar-refractivity contribution is 6.05. The molecule has 5 nitrogen and oxygen atoms in total. The molecule has 2 aromatic carbocycles. The minimum atomic E-state index is -0.160. The second-order valence-corrected chi connectivity index (χ2v) is 6.84. The molecule has 0 atom stereocenters. The standard InChI is InChI=1S/C23H23N3O2/c1-28-22-15-20-18(6-2-4-13-25-20)14-21(22)26-23(27)17-10-8-16(9-11-17)19-7-3-5-12-24-19/h3,5,7-12,14-15,25H,2,4,6,13H2,1H3,(H,26,27). The normalized spacial score (nSPS) is 13.0. The van der Waals surface area contributed by atoms with Crippen molar-refractivity contribution in [3.8, 4) is 17.0 Å². The average Bonchev–Trinajstić information content (AvgIpc) is 2.98. The third-order valence-electron chi connectivity index (χ3n) is 4.97. The fourth-order valence-corrected chi connectivity index (χ4v) is 3.45. The number of anilines is 2. The molecule has 5 heteroatoms. The first-order chi connectivity index (χ1) is 13.7. The van der Waals surface area contributed by atoms with Gasteiger partial charge in [0.2, 0.25) is 0 Å². The summed E-state index contributed by atoms with van der Waals surface area (Å²) >= 11 is 0. The number of amides is 1. The van der Waals surface area contributed by atoms with Gasteiger partial charge in [-0.3, -0.25) is 9.78 Å². The summed E-state index contributed by atoms with van der Waals surface area (Å²) in [5, 5.41) is 6.44. The number of hydrogen-bond donors (Lipinski definition) is 2. The van der Waals surface area contributed by atoms with Gasteiger partial charge in [-0.1, -0.05) is 18.2 Å². The van der Waals surface area contributed by atoms with Crippen molar-refractivity contribution >= 4 is 17.3 Å². The van der Waals surface area contributed by atoms with E-state index in [0.29, 0.717) is 17.0 Å². The number of nitrogens with zero attached hydrogens (tertiary/aromatic N) is 1. The fraction of sp³-hybridized carbons (Fsp3) is 0.217. The van der Waals surface area contributed by atoms with Crippen LogP contribution in [0.3, 0.4) is 0 Å². The number of nitrogens with one attached hydrogen (secondary N) is 2. The number of hydrogen-bond acceptors (Lipinski definition) is 4. The molecule has 1 aliphatic heterocycles. The van der Waals surface area contributed by atoms with Crippen molar-refractivity contribution in [3.05, 3.63) is 71.9 Å². The first-order valence-electron chi connectivity index (χ1n) is 9.52. The van der Waals surface area contributed by atoms with Gasteiger partial charge >= 0.3 is 0 Å². The maximum absolute atomic E-state index is 12.8. The van der Waals surface area contributed by atoms with Crippen molar-refractivity contribution in [2.45, 2.75) is 19.3 Å². The Hall–Kier alpha value is -3.34. The van der Waals surface area contributed by atoms with E-state index in [1.807, 2.05) is 54.6 Å². The number of pyridine rings is 1. The van der Waals surface area contributed by atoms with Gasteiger partial charge in [0.1, 0.15) is 5.75 Å². The quantitative estimate of drug-likeness (QED) is 0.692. The van der Waals surface area contributed by atoms with Crippen molar-refractivity contribution in [2.24, 2.45) is 0 Å². The van der Waals surface area contributed by atoms with Crippen LogP contribution in [0.25, 0.3) is 11.3 Å². The van der Waals surface area contributed by atoms with Crippen molar-refractivity contribution in [2.75, 3.05) is 24.3 Å². The molecule has 2 N–H and O–H groups in total. The van der Waals surface area contributed by atoms with Gasteiger partial charge in [-0.2, -0.15) is 0 Å². The number of ether oxygens (including phenoxy) is 1. The number of aromatic nitrogens is 1. The van der Waals surface area contributed by atoms with Gasteiger partial charge in [0, 0.05) is 35.6 Å². The number of carbonyl (C=O) groups excluding carboxylic acids is 1. The van der Waals surface area contributed by atoms with Crippen LogP contribution >= 0.6 is 0 Å². The van der Waals surface area contributed by atoms with Crippen molar-refractivity contribution < 1.29 is 9.53 Å². The van der Waals surface area contributed by atoms with Crippen molar-refractivity contribution in [3.63, 3.8) is 0 Å². The average molecular weight is 373 g/mol. The number of carbonyl (C=O) groups is 1. The third kappa shape index (κ3) is 3.83. The van der Waals surface area contributed by atoms with Crippen LogP contribution in [0, 0.1) is 0 Å². The molecule has 3 aromatic rings. The van der Waals surface area contributed by atoms with Gasteiger partial charge in [0.15, 0.2) is 0 Å². The second-order valence-electron chi connectivity index (χ2n) is 6.84. The maximum atomic E-state index is 12.8. The first kappa shape index (κ1) is 18.0. The summed E-state index contributed by atoms with van der Waals surface area (Å²) in [6, 6.07) is 17.2. The van der Waals surface area contributed by atoms with Gasteiger partial charge in [0.05, 0.1) is 18.5 Å². The molecule has 1 aromatic heterocycles. The Morgan fingerprint density at radius 1 is 1.11 bits per heavy atom. The van der Waals surface area contributed by atoms with E-state index in [9.17, 15) is 4.79 Å². The SMILES string of the molecule is COc1cc2c(cc1NC(=O)c1ccc(-c3ccccn3)cc1)CCCCN2. The number of aryl methyl sites for hydroxylation is 1. The third-order valence-corrected chi connectivity index (χ3v) is 4.97. The molecule has 28 heavy (non-hydrogen) atoms. The van der Waals surface area contributed by atoms with E-state index in [0.717, 1.165) is 42.8 Å². The summed E-state index contributed by atoms with van der Waals surface area (Å²) in [6.07, 6.45) is 5.03. The Labute approximate surface area is 164 Å². The lowest BCUT2D eigenvalue weighted by molar-refractivity contribution is 0.102. The zero-order valence-corrected chi connectivity index (χ0v) is 15.9. The molecule has 0 radical (unpaired) electrons. The molecule has 0 saturated carbocycles. The minimum Gasteiger partial charge on any atom is -0.494 e. The first-order valence-corrected chi connectivity index (χ1v) is 9.52. The van der Waals surface area contributed by atoms with E-state index in [-0.39, 0.29) is 5.91 Å². The minimum absolute atomic E-state index is 0.160. The lowest BCUT2D eigenvalue weighted by Crippen LogP contribution is -2.13. The van der Waals surface area contributed by atoms with Gasteiger partial charge in [-0.05, 0) is 55.2 Å². The molecule has 0 bridgehead atoms. The number of methoxy groups -OCH3 is 1. The number of benzene rings is 2. The Morgan fingerprint density at radius 2 is 1.96 bits per heavy atom. The summed E-state index contributed by atoms with van der Waals surface area (Å²) in [7, 11) is 1.62. The Balaban J connectivity index is 1.55. The molecule has 142 valence electrons. The summed E-state index contributed by atoms with van der Waals surface area (Å²) < 4.78 is 5.50. The largest absolute Gasteiger partial charge is 0.494 e.